The van der Waals surface area contributed by atoms with E-state index in [2.05, 4.69) is 0 Å². The van der Waals surface area contributed by atoms with Crippen molar-refractivity contribution < 1.29 is 8.78 Å². The van der Waals surface area contributed by atoms with Crippen LogP contribution in [0, 0.1) is 11.6 Å². The normalized spacial score (nSPS) is 10.1. The molecule has 0 aromatic heterocycles. The Labute approximate surface area is 68.6 Å². The molecular formula is C8H8F2S. The van der Waals surface area contributed by atoms with Crippen LogP contribution in [0.4, 0.5) is 8.78 Å². The van der Waals surface area contributed by atoms with Crippen molar-refractivity contribution in [1.29, 1.82) is 0 Å². The Kier molecular flexibility index (Phi) is 2.88. The van der Waals surface area contributed by atoms with Gasteiger partial charge >= 0.3 is 0 Å². The highest BCUT2D eigenvalue weighted by Gasteiger charge is 2.01. The summed E-state index contributed by atoms with van der Waals surface area (Å²) in [4.78, 5) is 0. The first-order valence-corrected chi connectivity index (χ1v) is 4.56. The average Bonchev–Trinajstić information content (AvgIpc) is 1.95. The summed E-state index contributed by atoms with van der Waals surface area (Å²) in [5, 5.41) is 0. The Morgan fingerprint density at radius 3 is 2.64 bits per heavy atom. The lowest BCUT2D eigenvalue weighted by molar-refractivity contribution is 0.576. The van der Waals surface area contributed by atoms with Crippen molar-refractivity contribution in [3.63, 3.8) is 0 Å². The van der Waals surface area contributed by atoms with Crippen LogP contribution >= 0.6 is 11.8 Å². The van der Waals surface area contributed by atoms with Gasteiger partial charge in [-0.05, 0) is 17.9 Å². The van der Waals surface area contributed by atoms with Gasteiger partial charge in [-0.2, -0.15) is 11.8 Å². The number of benzene rings is 1. The average molecular weight is 174 g/mol. The fourth-order valence-corrected chi connectivity index (χ4v) is 1.34. The van der Waals surface area contributed by atoms with Crippen LogP contribution in [0.25, 0.3) is 0 Å². The van der Waals surface area contributed by atoms with Crippen molar-refractivity contribution >= 4 is 11.8 Å². The van der Waals surface area contributed by atoms with Gasteiger partial charge in [-0.1, -0.05) is 6.07 Å². The van der Waals surface area contributed by atoms with Crippen molar-refractivity contribution in [3.8, 4) is 0 Å². The Bertz CT molecular complexity index is 248. The molecule has 0 nitrogen and oxygen atoms in total. The van der Waals surface area contributed by atoms with E-state index in [1.165, 1.54) is 23.9 Å². The zero-order chi connectivity index (χ0) is 8.27. The van der Waals surface area contributed by atoms with Gasteiger partial charge in [-0.3, -0.25) is 0 Å². The van der Waals surface area contributed by atoms with E-state index in [4.69, 9.17) is 0 Å². The van der Waals surface area contributed by atoms with E-state index in [0.29, 0.717) is 11.3 Å². The van der Waals surface area contributed by atoms with Gasteiger partial charge in [-0.25, -0.2) is 8.78 Å². The Balaban J connectivity index is 2.90. The third-order valence-corrected chi connectivity index (χ3v) is 1.91. The molecule has 0 aliphatic heterocycles. The smallest absolute Gasteiger partial charge is 0.130 e. The highest BCUT2D eigenvalue weighted by molar-refractivity contribution is 7.97. The van der Waals surface area contributed by atoms with E-state index in [-0.39, 0.29) is 0 Å². The predicted octanol–water partition coefficient (Wildman–Crippen LogP) is 2.83. The lowest BCUT2D eigenvalue weighted by Gasteiger charge is -1.99. The third kappa shape index (κ3) is 2.19. The van der Waals surface area contributed by atoms with Gasteiger partial charge in [-0.15, -0.1) is 0 Å². The van der Waals surface area contributed by atoms with E-state index in [0.717, 1.165) is 6.07 Å². The highest BCUT2D eigenvalue weighted by Crippen LogP contribution is 2.14. The first-order valence-electron chi connectivity index (χ1n) is 3.17. The van der Waals surface area contributed by atoms with Crippen LogP contribution in [0.15, 0.2) is 18.2 Å². The van der Waals surface area contributed by atoms with Crippen LogP contribution in [0.2, 0.25) is 0 Å². The molecule has 0 bridgehead atoms. The van der Waals surface area contributed by atoms with Gasteiger partial charge < -0.3 is 0 Å². The largest absolute Gasteiger partial charge is 0.207 e. The molecule has 0 atom stereocenters. The summed E-state index contributed by atoms with van der Waals surface area (Å²) in [6, 6.07) is 3.65. The molecule has 11 heavy (non-hydrogen) atoms. The molecule has 1 aromatic rings. The zero-order valence-corrected chi connectivity index (χ0v) is 6.92. The standard InChI is InChI=1S/C8H8F2S/c1-11-5-6-2-3-7(9)4-8(6)10/h2-4H,5H2,1H3. The van der Waals surface area contributed by atoms with Crippen LogP contribution in [0.1, 0.15) is 5.56 Å². The van der Waals surface area contributed by atoms with E-state index in [1.807, 2.05) is 6.26 Å². The van der Waals surface area contributed by atoms with Gasteiger partial charge in [0, 0.05) is 11.8 Å². The summed E-state index contributed by atoms with van der Waals surface area (Å²) >= 11 is 1.51. The van der Waals surface area contributed by atoms with Gasteiger partial charge in [0.05, 0.1) is 0 Å². The first kappa shape index (κ1) is 8.53. The molecule has 0 heterocycles. The van der Waals surface area contributed by atoms with E-state index in [9.17, 15) is 8.78 Å². The van der Waals surface area contributed by atoms with Crippen LogP contribution in [0.5, 0.6) is 0 Å². The van der Waals surface area contributed by atoms with Crippen molar-refractivity contribution in [2.75, 3.05) is 6.26 Å². The zero-order valence-electron chi connectivity index (χ0n) is 6.10. The molecular weight excluding hydrogens is 166 g/mol. The fraction of sp³-hybridized carbons (Fsp3) is 0.250. The maximum absolute atomic E-state index is 12.8. The summed E-state index contributed by atoms with van der Waals surface area (Å²) < 4.78 is 25.1. The summed E-state index contributed by atoms with van der Waals surface area (Å²) in [7, 11) is 0. The summed E-state index contributed by atoms with van der Waals surface area (Å²) in [5.74, 6) is -0.391. The molecule has 0 saturated carbocycles. The predicted molar refractivity (Wildman–Crippen MR) is 43.6 cm³/mol. The molecule has 0 fully saturated rings. The van der Waals surface area contributed by atoms with Crippen molar-refractivity contribution in [1.82, 2.24) is 0 Å². The summed E-state index contributed by atoms with van der Waals surface area (Å²) in [5.41, 5.74) is 0.555. The molecule has 0 unspecified atom stereocenters. The molecule has 0 radical (unpaired) electrons. The number of hydrogen-bond donors (Lipinski definition) is 0. The second-order valence-corrected chi connectivity index (χ2v) is 3.03. The molecule has 0 aliphatic rings. The molecule has 0 amide bonds. The molecule has 1 aromatic carbocycles. The monoisotopic (exact) mass is 174 g/mol. The molecule has 0 saturated heterocycles. The minimum atomic E-state index is -0.521. The number of thioether (sulfide) groups is 1. The van der Waals surface area contributed by atoms with Crippen molar-refractivity contribution in [3.05, 3.63) is 35.4 Å². The fourth-order valence-electron chi connectivity index (χ4n) is 0.794. The Morgan fingerprint density at radius 2 is 2.09 bits per heavy atom. The van der Waals surface area contributed by atoms with E-state index < -0.39 is 11.6 Å². The molecule has 0 spiro atoms. The molecule has 0 aliphatic carbocycles. The molecule has 60 valence electrons. The quantitative estimate of drug-likeness (QED) is 0.664. The van der Waals surface area contributed by atoms with Gasteiger partial charge in [0.1, 0.15) is 11.6 Å². The number of halogens is 2. The minimum Gasteiger partial charge on any atom is -0.207 e. The Hall–Kier alpha value is -0.570. The minimum absolute atomic E-state index is 0.459. The van der Waals surface area contributed by atoms with Crippen molar-refractivity contribution in [2.45, 2.75) is 5.75 Å². The van der Waals surface area contributed by atoms with E-state index in [1.54, 1.807) is 0 Å². The maximum atomic E-state index is 12.8. The summed E-state index contributed by atoms with van der Waals surface area (Å²) in [6.45, 7) is 0. The Morgan fingerprint density at radius 1 is 1.36 bits per heavy atom. The van der Waals surface area contributed by atoms with Crippen LogP contribution in [0.3, 0.4) is 0 Å². The molecule has 3 heteroatoms. The van der Waals surface area contributed by atoms with Crippen LogP contribution < -0.4 is 0 Å². The second kappa shape index (κ2) is 3.72. The van der Waals surface area contributed by atoms with Crippen LogP contribution in [-0.2, 0) is 5.75 Å². The van der Waals surface area contributed by atoms with Crippen LogP contribution in [-0.4, -0.2) is 6.26 Å². The van der Waals surface area contributed by atoms with Gasteiger partial charge in [0.2, 0.25) is 0 Å². The highest BCUT2D eigenvalue weighted by atomic mass is 32.2. The SMILES string of the molecule is CSCc1ccc(F)cc1F. The molecule has 0 N–H and O–H groups in total. The van der Waals surface area contributed by atoms with Crippen molar-refractivity contribution in [2.24, 2.45) is 0 Å². The van der Waals surface area contributed by atoms with Gasteiger partial charge in [0.15, 0.2) is 0 Å². The summed E-state index contributed by atoms with van der Waals surface area (Å²) in [6.07, 6.45) is 1.88. The second-order valence-electron chi connectivity index (χ2n) is 2.17. The van der Waals surface area contributed by atoms with Gasteiger partial charge in [0.25, 0.3) is 0 Å². The third-order valence-electron chi connectivity index (χ3n) is 1.31. The number of hydrogen-bond acceptors (Lipinski definition) is 1. The lowest BCUT2D eigenvalue weighted by atomic mass is 10.2. The lowest BCUT2D eigenvalue weighted by Crippen LogP contribution is -1.87. The maximum Gasteiger partial charge on any atom is 0.130 e. The molecule has 1 rings (SSSR count). The number of rotatable bonds is 2. The topological polar surface area (TPSA) is 0 Å². The van der Waals surface area contributed by atoms with E-state index >= 15 is 0 Å². The first-order chi connectivity index (χ1) is 5.24.